The van der Waals surface area contributed by atoms with E-state index in [0.29, 0.717) is 0 Å². The molecule has 3 atom stereocenters. The van der Waals surface area contributed by atoms with Crippen molar-refractivity contribution in [3.05, 3.63) is 18.2 Å². The second-order valence-electron chi connectivity index (χ2n) is 9.43. The summed E-state index contributed by atoms with van der Waals surface area (Å²) in [4.78, 5) is 38.3. The van der Waals surface area contributed by atoms with Crippen LogP contribution in [-0.2, 0) is 16.0 Å². The Bertz CT molecular complexity index is 703. The van der Waals surface area contributed by atoms with Gasteiger partial charge in [0, 0.05) is 38.3 Å². The number of nitrogens with zero attached hydrogens (tertiary/aromatic N) is 3. The molecule has 3 rings (SSSR count). The fourth-order valence-electron chi connectivity index (χ4n) is 5.13. The van der Waals surface area contributed by atoms with E-state index in [-0.39, 0.29) is 29.8 Å². The zero-order valence-electron chi connectivity index (χ0n) is 20.1. The predicted molar refractivity (Wildman–Crippen MR) is 126 cm³/mol. The predicted octanol–water partition coefficient (Wildman–Crippen LogP) is 1.94. The van der Waals surface area contributed by atoms with Gasteiger partial charge in [-0.15, -0.1) is 0 Å². The van der Waals surface area contributed by atoms with E-state index in [4.69, 9.17) is 0 Å². The van der Waals surface area contributed by atoms with Crippen molar-refractivity contribution in [3.63, 3.8) is 0 Å². The molecule has 0 radical (unpaired) electrons. The van der Waals surface area contributed by atoms with Gasteiger partial charge in [-0.25, -0.2) is 4.98 Å². The van der Waals surface area contributed by atoms with E-state index in [1.54, 1.807) is 13.4 Å². The Morgan fingerprint density at radius 1 is 1.25 bits per heavy atom. The third kappa shape index (κ3) is 6.54. The van der Waals surface area contributed by atoms with Crippen LogP contribution in [0.25, 0.3) is 0 Å². The lowest BCUT2D eigenvalue weighted by Gasteiger charge is -2.36. The molecule has 1 aromatic heterocycles. The number of likely N-dealkylation sites (N-methyl/N-ethyl adjacent to an activating group) is 2. The van der Waals surface area contributed by atoms with E-state index in [1.165, 1.54) is 6.42 Å². The van der Waals surface area contributed by atoms with Gasteiger partial charge in [-0.1, -0.05) is 26.2 Å². The minimum absolute atomic E-state index is 0.0821. The highest BCUT2D eigenvalue weighted by atomic mass is 16.2. The molecule has 180 valence electrons. The molecule has 0 spiro atoms. The fraction of sp³-hybridized carbons (Fsp3) is 0.792. The number of aromatic nitrogens is 2. The number of hydrogen-bond acceptors (Lipinski definition) is 5. The van der Waals surface area contributed by atoms with Gasteiger partial charge in [-0.05, 0) is 52.1 Å². The van der Waals surface area contributed by atoms with Crippen molar-refractivity contribution in [1.29, 1.82) is 0 Å². The van der Waals surface area contributed by atoms with Crippen molar-refractivity contribution in [3.8, 4) is 0 Å². The van der Waals surface area contributed by atoms with Crippen LogP contribution in [-0.4, -0.2) is 82.9 Å². The van der Waals surface area contributed by atoms with Gasteiger partial charge >= 0.3 is 0 Å². The van der Waals surface area contributed by atoms with E-state index in [9.17, 15) is 9.59 Å². The number of likely N-dealkylation sites (tertiary alicyclic amines) is 1. The first kappa shape index (κ1) is 24.7. The van der Waals surface area contributed by atoms with Crippen molar-refractivity contribution in [2.75, 3.05) is 33.2 Å². The molecule has 3 N–H and O–H groups in total. The molecule has 32 heavy (non-hydrogen) atoms. The highest BCUT2D eigenvalue weighted by Gasteiger charge is 2.38. The van der Waals surface area contributed by atoms with E-state index < -0.39 is 6.04 Å². The Kier molecular flexibility index (Phi) is 9.53. The average molecular weight is 447 g/mol. The molecule has 2 fully saturated rings. The number of aromatic amines is 1. The Morgan fingerprint density at radius 2 is 2.03 bits per heavy atom. The van der Waals surface area contributed by atoms with Crippen LogP contribution in [0.1, 0.15) is 64.5 Å². The highest BCUT2D eigenvalue weighted by Crippen LogP contribution is 2.29. The molecule has 8 nitrogen and oxygen atoms in total. The minimum atomic E-state index is -0.404. The van der Waals surface area contributed by atoms with E-state index in [0.717, 1.165) is 76.8 Å². The summed E-state index contributed by atoms with van der Waals surface area (Å²) in [6, 6.07) is -0.495. The van der Waals surface area contributed by atoms with E-state index in [2.05, 4.69) is 37.3 Å². The normalized spacial score (nSPS) is 21.6. The quantitative estimate of drug-likeness (QED) is 0.483. The zero-order chi connectivity index (χ0) is 22.9. The SMILES string of the molecule is CCN(CCc1c[nH]cn1)C[C@@H]1CCCN1C(=O)[C@@H](NC(=O)C(C)NC)C1CCCCC1. The topological polar surface area (TPSA) is 93.4 Å². The van der Waals surface area contributed by atoms with E-state index in [1.807, 2.05) is 13.1 Å². The number of imidazole rings is 1. The molecule has 1 unspecified atom stereocenters. The van der Waals surface area contributed by atoms with Gasteiger partial charge in [0.1, 0.15) is 6.04 Å². The maximum atomic E-state index is 13.8. The Hall–Kier alpha value is -1.93. The number of nitrogens with one attached hydrogen (secondary N) is 3. The molecular weight excluding hydrogens is 404 g/mol. The summed E-state index contributed by atoms with van der Waals surface area (Å²) in [5.74, 6) is 0.285. The Morgan fingerprint density at radius 3 is 2.69 bits per heavy atom. The summed E-state index contributed by atoms with van der Waals surface area (Å²) >= 11 is 0. The molecule has 2 aliphatic rings. The molecule has 0 bridgehead atoms. The first-order valence-electron chi connectivity index (χ1n) is 12.5. The number of amides is 2. The second kappa shape index (κ2) is 12.3. The summed E-state index contributed by atoms with van der Waals surface area (Å²) in [7, 11) is 1.78. The molecule has 0 aromatic carbocycles. The number of rotatable bonds is 11. The van der Waals surface area contributed by atoms with Gasteiger partial charge in [-0.2, -0.15) is 0 Å². The third-order valence-electron chi connectivity index (χ3n) is 7.33. The van der Waals surface area contributed by atoms with Crippen molar-refractivity contribution >= 4 is 11.8 Å². The standard InChI is InChI=1S/C24H42N6O2/c1-4-29(14-12-20-15-26-17-27-20)16-21-11-8-13-30(21)24(32)22(19-9-6-5-7-10-19)28-23(31)18(2)25-3/h15,17-19,21-22,25H,4-14,16H2,1-3H3,(H,26,27)(H,28,31)/t18?,21-,22-/m0/s1. The molecular formula is C24H42N6O2. The molecule has 1 aliphatic carbocycles. The van der Waals surface area contributed by atoms with Gasteiger partial charge in [0.25, 0.3) is 0 Å². The van der Waals surface area contributed by atoms with Crippen LogP contribution in [0.3, 0.4) is 0 Å². The molecule has 2 amide bonds. The summed E-state index contributed by atoms with van der Waals surface area (Å²) in [5.41, 5.74) is 1.07. The first-order valence-corrected chi connectivity index (χ1v) is 12.5. The lowest BCUT2D eigenvalue weighted by atomic mass is 9.83. The van der Waals surface area contributed by atoms with Crippen LogP contribution >= 0.6 is 0 Å². The molecule has 1 aliphatic heterocycles. The Labute approximate surface area is 192 Å². The summed E-state index contributed by atoms with van der Waals surface area (Å²) in [6.07, 6.45) is 12.2. The number of carbonyl (C=O) groups is 2. The van der Waals surface area contributed by atoms with Gasteiger partial charge in [0.2, 0.25) is 11.8 Å². The monoisotopic (exact) mass is 446 g/mol. The number of carbonyl (C=O) groups excluding carboxylic acids is 2. The smallest absolute Gasteiger partial charge is 0.245 e. The second-order valence-corrected chi connectivity index (χ2v) is 9.43. The van der Waals surface area contributed by atoms with Crippen LogP contribution in [0.4, 0.5) is 0 Å². The average Bonchev–Trinajstić information content (AvgIpc) is 3.51. The van der Waals surface area contributed by atoms with Crippen LogP contribution in [0.5, 0.6) is 0 Å². The van der Waals surface area contributed by atoms with Crippen molar-refractivity contribution < 1.29 is 9.59 Å². The zero-order valence-corrected chi connectivity index (χ0v) is 20.1. The maximum absolute atomic E-state index is 13.8. The van der Waals surface area contributed by atoms with Gasteiger partial charge < -0.3 is 25.4 Å². The van der Waals surface area contributed by atoms with Gasteiger partial charge in [-0.3, -0.25) is 9.59 Å². The summed E-state index contributed by atoms with van der Waals surface area (Å²) < 4.78 is 0. The molecule has 1 saturated carbocycles. The van der Waals surface area contributed by atoms with Crippen molar-refractivity contribution in [2.45, 2.75) is 83.3 Å². The van der Waals surface area contributed by atoms with Gasteiger partial charge in [0.15, 0.2) is 0 Å². The fourth-order valence-corrected chi connectivity index (χ4v) is 5.13. The first-order chi connectivity index (χ1) is 15.5. The van der Waals surface area contributed by atoms with Gasteiger partial charge in [0.05, 0.1) is 18.1 Å². The highest BCUT2D eigenvalue weighted by molar-refractivity contribution is 5.90. The molecule has 1 aromatic rings. The van der Waals surface area contributed by atoms with Crippen LogP contribution in [0.15, 0.2) is 12.5 Å². The lowest BCUT2D eigenvalue weighted by molar-refractivity contribution is -0.139. The number of H-pyrrole nitrogens is 1. The lowest BCUT2D eigenvalue weighted by Crippen LogP contribution is -2.57. The van der Waals surface area contributed by atoms with Crippen molar-refractivity contribution in [2.24, 2.45) is 5.92 Å². The molecule has 8 heteroatoms. The summed E-state index contributed by atoms with van der Waals surface area (Å²) in [5, 5.41) is 6.13. The van der Waals surface area contributed by atoms with Crippen molar-refractivity contribution in [1.82, 2.24) is 30.4 Å². The third-order valence-corrected chi connectivity index (χ3v) is 7.33. The molecule has 1 saturated heterocycles. The van der Waals surface area contributed by atoms with Crippen LogP contribution in [0.2, 0.25) is 0 Å². The Balaban J connectivity index is 1.65. The maximum Gasteiger partial charge on any atom is 0.245 e. The van der Waals surface area contributed by atoms with Crippen LogP contribution < -0.4 is 10.6 Å². The number of hydrogen-bond donors (Lipinski definition) is 3. The molecule has 2 heterocycles. The largest absolute Gasteiger partial charge is 0.351 e. The summed E-state index contributed by atoms with van der Waals surface area (Å²) in [6.45, 7) is 7.57. The minimum Gasteiger partial charge on any atom is -0.351 e. The van der Waals surface area contributed by atoms with Crippen LogP contribution in [0, 0.1) is 5.92 Å². The van der Waals surface area contributed by atoms with E-state index >= 15 is 0 Å².